The van der Waals surface area contributed by atoms with Gasteiger partial charge in [-0.2, -0.15) is 15.5 Å². The Balaban J connectivity index is 2.60. The van der Waals surface area contributed by atoms with E-state index in [4.69, 9.17) is 10.5 Å². The van der Waals surface area contributed by atoms with Crippen LogP contribution in [0.15, 0.2) is 4.99 Å². The van der Waals surface area contributed by atoms with E-state index in [-0.39, 0.29) is 6.42 Å². The minimum Gasteiger partial charge on any atom is -0.358 e. The van der Waals surface area contributed by atoms with Crippen molar-refractivity contribution in [1.29, 1.82) is 10.5 Å². The van der Waals surface area contributed by atoms with Crippen LogP contribution in [0.3, 0.4) is 0 Å². The molecule has 0 unspecified atom stereocenters. The van der Waals surface area contributed by atoms with E-state index in [1.807, 2.05) is 11.0 Å². The van der Waals surface area contributed by atoms with Crippen LogP contribution in [-0.4, -0.2) is 23.8 Å². The second kappa shape index (κ2) is 4.35. The van der Waals surface area contributed by atoms with Crippen LogP contribution in [0, 0.1) is 22.8 Å². The summed E-state index contributed by atoms with van der Waals surface area (Å²) in [4.78, 5) is 5.63. The minimum atomic E-state index is 0.244. The number of amidine groups is 1. The summed E-state index contributed by atoms with van der Waals surface area (Å²) in [5.74, 6) is 0.623. The molecule has 1 aliphatic heterocycles. The van der Waals surface area contributed by atoms with Crippen molar-refractivity contribution >= 4 is 5.84 Å². The van der Waals surface area contributed by atoms with Crippen LogP contribution in [0.4, 0.5) is 0 Å². The molecule has 0 amide bonds. The number of nitriles is 2. The number of rotatable bonds is 1. The Morgan fingerprint density at radius 2 is 2.00 bits per heavy atom. The van der Waals surface area contributed by atoms with Crippen LogP contribution in [-0.2, 0) is 0 Å². The third kappa shape index (κ3) is 1.96. The zero-order chi connectivity index (χ0) is 8.81. The summed E-state index contributed by atoms with van der Waals surface area (Å²) in [5, 5.41) is 16.8. The first-order valence-electron chi connectivity index (χ1n) is 3.96. The molecule has 0 N–H and O–H groups in total. The van der Waals surface area contributed by atoms with E-state index in [9.17, 15) is 0 Å². The minimum absolute atomic E-state index is 0.244. The number of aliphatic imine (C=N–C) groups is 1. The van der Waals surface area contributed by atoms with Crippen molar-refractivity contribution < 1.29 is 0 Å². The molecule has 1 heterocycles. The molecule has 4 nitrogen and oxygen atoms in total. The molecule has 4 heteroatoms. The van der Waals surface area contributed by atoms with Gasteiger partial charge in [0, 0.05) is 13.1 Å². The number of hydrogen-bond donors (Lipinski definition) is 0. The van der Waals surface area contributed by atoms with E-state index < -0.39 is 0 Å². The molecule has 1 fully saturated rings. The Morgan fingerprint density at radius 3 is 2.50 bits per heavy atom. The van der Waals surface area contributed by atoms with Crippen LogP contribution in [0.2, 0.25) is 0 Å². The van der Waals surface area contributed by atoms with Crippen LogP contribution in [0.25, 0.3) is 0 Å². The first kappa shape index (κ1) is 8.55. The molecule has 12 heavy (non-hydrogen) atoms. The molecule has 1 aliphatic rings. The average molecular weight is 162 g/mol. The SMILES string of the molecule is N#CC/C(=N\C#N)N1CCCC1. The molecule has 62 valence electrons. The van der Waals surface area contributed by atoms with Crippen LogP contribution in [0.5, 0.6) is 0 Å². The van der Waals surface area contributed by atoms with Gasteiger partial charge in [-0.3, -0.25) is 0 Å². The third-order valence-electron chi connectivity index (χ3n) is 1.89. The molecule has 1 rings (SSSR count). The highest BCUT2D eigenvalue weighted by Crippen LogP contribution is 2.09. The Hall–Kier alpha value is -1.55. The smallest absolute Gasteiger partial charge is 0.207 e. The predicted molar refractivity (Wildman–Crippen MR) is 44.1 cm³/mol. The fraction of sp³-hybridized carbons (Fsp3) is 0.625. The first-order valence-corrected chi connectivity index (χ1v) is 3.96. The largest absolute Gasteiger partial charge is 0.358 e. The molecular weight excluding hydrogens is 152 g/mol. The predicted octanol–water partition coefficient (Wildman–Crippen LogP) is 0.875. The lowest BCUT2D eigenvalue weighted by Gasteiger charge is -2.15. The molecule has 0 radical (unpaired) electrons. The zero-order valence-corrected chi connectivity index (χ0v) is 6.82. The van der Waals surface area contributed by atoms with E-state index in [0.29, 0.717) is 5.84 Å². The molecule has 1 saturated heterocycles. The lowest BCUT2D eigenvalue weighted by Crippen LogP contribution is -2.27. The zero-order valence-electron chi connectivity index (χ0n) is 6.82. The van der Waals surface area contributed by atoms with Crippen LogP contribution >= 0.6 is 0 Å². The number of likely N-dealkylation sites (tertiary alicyclic amines) is 1. The van der Waals surface area contributed by atoms with Crippen molar-refractivity contribution in [3.8, 4) is 12.3 Å². The summed E-state index contributed by atoms with van der Waals surface area (Å²) >= 11 is 0. The summed E-state index contributed by atoms with van der Waals surface area (Å²) in [5.41, 5.74) is 0. The van der Waals surface area contributed by atoms with Gasteiger partial charge in [0.15, 0.2) is 0 Å². The third-order valence-corrected chi connectivity index (χ3v) is 1.89. The van der Waals surface area contributed by atoms with E-state index in [1.165, 1.54) is 0 Å². The van der Waals surface area contributed by atoms with Gasteiger partial charge in [-0.05, 0) is 12.8 Å². The van der Waals surface area contributed by atoms with Crippen molar-refractivity contribution in [3.63, 3.8) is 0 Å². The molecular formula is C8H10N4. The van der Waals surface area contributed by atoms with Crippen molar-refractivity contribution in [3.05, 3.63) is 0 Å². The van der Waals surface area contributed by atoms with Crippen molar-refractivity contribution in [2.75, 3.05) is 13.1 Å². The second-order valence-corrected chi connectivity index (χ2v) is 2.66. The summed E-state index contributed by atoms with van der Waals surface area (Å²) in [6, 6.07) is 2.01. The van der Waals surface area contributed by atoms with Gasteiger partial charge >= 0.3 is 0 Å². The van der Waals surface area contributed by atoms with Gasteiger partial charge in [0.05, 0.1) is 12.5 Å². The van der Waals surface area contributed by atoms with Gasteiger partial charge < -0.3 is 4.90 Å². The van der Waals surface area contributed by atoms with E-state index in [1.54, 1.807) is 6.19 Å². The second-order valence-electron chi connectivity index (χ2n) is 2.66. The molecule has 0 spiro atoms. The van der Waals surface area contributed by atoms with Crippen LogP contribution < -0.4 is 0 Å². The average Bonchev–Trinajstić information content (AvgIpc) is 2.56. The maximum Gasteiger partial charge on any atom is 0.207 e. The Bertz CT molecular complexity index is 249. The van der Waals surface area contributed by atoms with Gasteiger partial charge in [0.25, 0.3) is 0 Å². The summed E-state index contributed by atoms with van der Waals surface area (Å²) < 4.78 is 0. The van der Waals surface area contributed by atoms with Crippen molar-refractivity contribution in [2.24, 2.45) is 4.99 Å². The highest BCUT2D eigenvalue weighted by molar-refractivity contribution is 5.85. The molecule has 0 atom stereocenters. The van der Waals surface area contributed by atoms with Gasteiger partial charge in [0.2, 0.25) is 6.19 Å². The lowest BCUT2D eigenvalue weighted by molar-refractivity contribution is 0.512. The highest BCUT2D eigenvalue weighted by Gasteiger charge is 2.15. The molecule has 0 bridgehead atoms. The Kier molecular flexibility index (Phi) is 3.10. The number of hydrogen-bond acceptors (Lipinski definition) is 3. The summed E-state index contributed by atoms with van der Waals surface area (Å²) in [6.45, 7) is 1.87. The fourth-order valence-electron chi connectivity index (χ4n) is 1.33. The molecule has 0 aromatic carbocycles. The van der Waals surface area contributed by atoms with Crippen LogP contribution in [0.1, 0.15) is 19.3 Å². The highest BCUT2D eigenvalue weighted by atomic mass is 15.2. The Morgan fingerprint density at radius 1 is 1.33 bits per heavy atom. The Labute approximate surface area is 71.7 Å². The number of nitrogens with zero attached hydrogens (tertiary/aromatic N) is 4. The summed E-state index contributed by atoms with van der Waals surface area (Å²) in [7, 11) is 0. The first-order chi connectivity index (χ1) is 5.88. The van der Waals surface area contributed by atoms with Gasteiger partial charge in [0.1, 0.15) is 5.84 Å². The van der Waals surface area contributed by atoms with Crippen molar-refractivity contribution in [2.45, 2.75) is 19.3 Å². The van der Waals surface area contributed by atoms with E-state index in [0.717, 1.165) is 25.9 Å². The van der Waals surface area contributed by atoms with E-state index in [2.05, 4.69) is 4.99 Å². The van der Waals surface area contributed by atoms with Crippen molar-refractivity contribution in [1.82, 2.24) is 4.90 Å². The molecule has 0 aromatic heterocycles. The molecule has 0 saturated carbocycles. The van der Waals surface area contributed by atoms with Gasteiger partial charge in [-0.15, -0.1) is 0 Å². The monoisotopic (exact) mass is 162 g/mol. The topological polar surface area (TPSA) is 63.2 Å². The summed E-state index contributed by atoms with van der Waals surface area (Å²) in [6.07, 6.45) is 4.24. The fourth-order valence-corrected chi connectivity index (χ4v) is 1.33. The quantitative estimate of drug-likeness (QED) is 0.326. The van der Waals surface area contributed by atoms with E-state index >= 15 is 0 Å². The maximum atomic E-state index is 8.46. The molecule has 0 aromatic rings. The lowest BCUT2D eigenvalue weighted by atomic mass is 10.4. The van der Waals surface area contributed by atoms with Gasteiger partial charge in [-0.25, -0.2) is 0 Å². The standard InChI is InChI=1S/C8H10N4/c9-4-3-8(11-7-10)12-5-1-2-6-12/h1-3,5-6H2/b11-8+. The van der Waals surface area contributed by atoms with Gasteiger partial charge in [-0.1, -0.05) is 0 Å². The maximum absolute atomic E-state index is 8.46. The normalized spacial score (nSPS) is 17.2. The molecule has 0 aliphatic carbocycles.